The van der Waals surface area contributed by atoms with E-state index in [1.54, 1.807) is 0 Å². The highest BCUT2D eigenvalue weighted by molar-refractivity contribution is 5.69. The third-order valence-corrected chi connectivity index (χ3v) is 2.20. The third-order valence-electron chi connectivity index (χ3n) is 2.20. The van der Waals surface area contributed by atoms with Gasteiger partial charge in [-0.05, 0) is 33.6 Å². The number of ether oxygens (including phenoxy) is 3. The smallest absolute Gasteiger partial charge is 0.308 e. The molecule has 1 unspecified atom stereocenters. The predicted octanol–water partition coefficient (Wildman–Crippen LogP) is 1.91. The number of hydrogen-bond acceptors (Lipinski definition) is 4. The zero-order valence-electron chi connectivity index (χ0n) is 10.5. The first-order valence-corrected chi connectivity index (χ1v) is 5.88. The van der Waals surface area contributed by atoms with Crippen molar-refractivity contribution in [1.29, 1.82) is 0 Å². The molecule has 4 nitrogen and oxygen atoms in total. The van der Waals surface area contributed by atoms with Crippen LogP contribution in [-0.2, 0) is 19.0 Å². The van der Waals surface area contributed by atoms with E-state index in [4.69, 9.17) is 14.2 Å². The second-order valence-electron chi connectivity index (χ2n) is 5.05. The van der Waals surface area contributed by atoms with Crippen molar-refractivity contribution in [3.63, 3.8) is 0 Å². The van der Waals surface area contributed by atoms with Gasteiger partial charge in [-0.15, -0.1) is 0 Å². The van der Waals surface area contributed by atoms with Crippen molar-refractivity contribution in [2.75, 3.05) is 19.8 Å². The van der Waals surface area contributed by atoms with E-state index in [1.165, 1.54) is 0 Å². The molecule has 0 aromatic heterocycles. The molecule has 0 aromatic carbocycles. The molecule has 1 fully saturated rings. The molecule has 0 bridgehead atoms. The summed E-state index contributed by atoms with van der Waals surface area (Å²) in [5.74, 6) is -0.208. The Labute approximate surface area is 97.2 Å². The average Bonchev–Trinajstić information content (AvgIpc) is 2.62. The second-order valence-corrected chi connectivity index (χ2v) is 5.05. The van der Waals surface area contributed by atoms with Crippen molar-refractivity contribution in [1.82, 2.24) is 0 Å². The number of esters is 1. The molecule has 1 saturated heterocycles. The van der Waals surface area contributed by atoms with E-state index in [9.17, 15) is 4.79 Å². The van der Waals surface area contributed by atoms with Gasteiger partial charge in [-0.3, -0.25) is 4.79 Å². The van der Waals surface area contributed by atoms with Crippen LogP contribution < -0.4 is 0 Å². The predicted molar refractivity (Wildman–Crippen MR) is 60.3 cm³/mol. The van der Waals surface area contributed by atoms with Crippen molar-refractivity contribution in [2.45, 2.75) is 51.7 Å². The zero-order chi connectivity index (χ0) is 12.0. The number of rotatable bonds is 5. The molecule has 16 heavy (non-hydrogen) atoms. The van der Waals surface area contributed by atoms with Crippen LogP contribution in [0.15, 0.2) is 0 Å². The van der Waals surface area contributed by atoms with Gasteiger partial charge in [-0.2, -0.15) is 0 Å². The summed E-state index contributed by atoms with van der Waals surface area (Å²) < 4.78 is 15.9. The van der Waals surface area contributed by atoms with Crippen LogP contribution in [0.3, 0.4) is 0 Å². The molecular weight excluding hydrogens is 208 g/mol. The van der Waals surface area contributed by atoms with E-state index in [-0.39, 0.29) is 12.1 Å². The Morgan fingerprint density at radius 3 is 2.75 bits per heavy atom. The number of hydrogen-bond donors (Lipinski definition) is 0. The largest absolute Gasteiger partial charge is 0.460 e. The van der Waals surface area contributed by atoms with E-state index in [0.717, 1.165) is 19.4 Å². The average molecular weight is 230 g/mol. The molecule has 0 N–H and O–H groups in total. The molecule has 1 rings (SSSR count). The van der Waals surface area contributed by atoms with Crippen LogP contribution in [0.2, 0.25) is 0 Å². The summed E-state index contributed by atoms with van der Waals surface area (Å²) in [5.41, 5.74) is -0.411. The fourth-order valence-corrected chi connectivity index (χ4v) is 1.54. The minimum Gasteiger partial charge on any atom is -0.460 e. The Hall–Kier alpha value is -0.610. The molecule has 4 heteroatoms. The van der Waals surface area contributed by atoms with Crippen LogP contribution in [0.4, 0.5) is 0 Å². The minimum absolute atomic E-state index is 0.208. The summed E-state index contributed by atoms with van der Waals surface area (Å²) >= 11 is 0. The lowest BCUT2D eigenvalue weighted by atomic mass is 10.2. The number of carbonyl (C=O) groups excluding carboxylic acids is 1. The van der Waals surface area contributed by atoms with Gasteiger partial charge < -0.3 is 14.2 Å². The standard InChI is InChI=1S/C12H22O4/c1-12(2,3)16-11(13)6-8-14-9-10-5-4-7-15-10/h10H,4-9H2,1-3H3. The minimum atomic E-state index is -0.411. The van der Waals surface area contributed by atoms with Crippen molar-refractivity contribution >= 4 is 5.97 Å². The SMILES string of the molecule is CC(C)(C)OC(=O)CCOCC1CCCO1. The van der Waals surface area contributed by atoms with E-state index in [1.807, 2.05) is 20.8 Å². The maximum atomic E-state index is 11.3. The molecule has 0 aliphatic carbocycles. The second kappa shape index (κ2) is 6.21. The van der Waals surface area contributed by atoms with Crippen molar-refractivity contribution < 1.29 is 19.0 Å². The fourth-order valence-electron chi connectivity index (χ4n) is 1.54. The van der Waals surface area contributed by atoms with Gasteiger partial charge in [-0.25, -0.2) is 0 Å². The molecule has 1 aliphatic rings. The highest BCUT2D eigenvalue weighted by atomic mass is 16.6. The van der Waals surface area contributed by atoms with Crippen LogP contribution >= 0.6 is 0 Å². The normalized spacial score (nSPS) is 21.1. The van der Waals surface area contributed by atoms with Crippen LogP contribution in [0, 0.1) is 0 Å². The Morgan fingerprint density at radius 2 is 2.19 bits per heavy atom. The van der Waals surface area contributed by atoms with Gasteiger partial charge in [0, 0.05) is 6.61 Å². The maximum Gasteiger partial charge on any atom is 0.308 e. The van der Waals surface area contributed by atoms with Crippen LogP contribution in [0.5, 0.6) is 0 Å². The summed E-state index contributed by atoms with van der Waals surface area (Å²) in [7, 11) is 0. The van der Waals surface area contributed by atoms with Crippen molar-refractivity contribution in [3.05, 3.63) is 0 Å². The molecule has 0 aromatic rings. The Balaban J connectivity index is 2.00. The van der Waals surface area contributed by atoms with Crippen molar-refractivity contribution in [3.8, 4) is 0 Å². The van der Waals surface area contributed by atoms with Gasteiger partial charge in [0.25, 0.3) is 0 Å². The Kier molecular flexibility index (Phi) is 5.22. The Morgan fingerprint density at radius 1 is 1.44 bits per heavy atom. The first-order chi connectivity index (χ1) is 7.47. The Bertz CT molecular complexity index is 214. The van der Waals surface area contributed by atoms with Gasteiger partial charge in [0.1, 0.15) is 5.60 Å². The molecule has 0 saturated carbocycles. The van der Waals surface area contributed by atoms with Crippen molar-refractivity contribution in [2.24, 2.45) is 0 Å². The highest BCUT2D eigenvalue weighted by Crippen LogP contribution is 2.12. The summed E-state index contributed by atoms with van der Waals surface area (Å²) in [6.07, 6.45) is 2.70. The monoisotopic (exact) mass is 230 g/mol. The van der Waals surface area contributed by atoms with E-state index >= 15 is 0 Å². The lowest BCUT2D eigenvalue weighted by Gasteiger charge is -2.19. The van der Waals surface area contributed by atoms with Crippen LogP contribution in [-0.4, -0.2) is 37.5 Å². The molecular formula is C12H22O4. The van der Waals surface area contributed by atoms with Gasteiger partial charge in [0.15, 0.2) is 0 Å². The van der Waals surface area contributed by atoms with Crippen LogP contribution in [0.25, 0.3) is 0 Å². The zero-order valence-corrected chi connectivity index (χ0v) is 10.5. The molecule has 0 spiro atoms. The van der Waals surface area contributed by atoms with E-state index in [2.05, 4.69) is 0 Å². The van der Waals surface area contributed by atoms with Gasteiger partial charge in [0.2, 0.25) is 0 Å². The lowest BCUT2D eigenvalue weighted by molar-refractivity contribution is -0.156. The number of carbonyl (C=O) groups is 1. The van der Waals surface area contributed by atoms with Gasteiger partial charge in [-0.1, -0.05) is 0 Å². The summed E-state index contributed by atoms with van der Waals surface area (Å²) in [6, 6.07) is 0. The summed E-state index contributed by atoms with van der Waals surface area (Å²) in [6.45, 7) is 7.41. The van der Waals surface area contributed by atoms with E-state index < -0.39 is 5.60 Å². The van der Waals surface area contributed by atoms with Crippen LogP contribution in [0.1, 0.15) is 40.0 Å². The topological polar surface area (TPSA) is 44.8 Å². The molecule has 94 valence electrons. The quantitative estimate of drug-likeness (QED) is 0.534. The molecule has 1 heterocycles. The van der Waals surface area contributed by atoms with E-state index in [0.29, 0.717) is 19.6 Å². The lowest BCUT2D eigenvalue weighted by Crippen LogP contribution is -2.25. The molecule has 0 amide bonds. The summed E-state index contributed by atoms with van der Waals surface area (Å²) in [4.78, 5) is 11.3. The highest BCUT2D eigenvalue weighted by Gasteiger charge is 2.17. The first kappa shape index (κ1) is 13.5. The molecule has 1 aliphatic heterocycles. The molecule has 0 radical (unpaired) electrons. The molecule has 1 atom stereocenters. The van der Waals surface area contributed by atoms with Gasteiger partial charge in [0.05, 0.1) is 25.7 Å². The maximum absolute atomic E-state index is 11.3. The third kappa shape index (κ3) is 6.08. The van der Waals surface area contributed by atoms with Gasteiger partial charge >= 0.3 is 5.97 Å². The first-order valence-electron chi connectivity index (χ1n) is 5.88. The summed E-state index contributed by atoms with van der Waals surface area (Å²) in [5, 5.41) is 0. The fraction of sp³-hybridized carbons (Fsp3) is 0.917.